The lowest BCUT2D eigenvalue weighted by Crippen LogP contribution is -2.17. The van der Waals surface area contributed by atoms with Crippen LogP contribution in [0, 0.1) is 0 Å². The molecule has 1 aliphatic rings. The van der Waals surface area contributed by atoms with Gasteiger partial charge < -0.3 is 8.98 Å². The molecule has 0 N–H and O–H groups in total. The van der Waals surface area contributed by atoms with Crippen molar-refractivity contribution in [3.63, 3.8) is 0 Å². The highest BCUT2D eigenvalue weighted by Crippen LogP contribution is 2.55. The molecule has 0 atom stereocenters. The second-order valence-corrected chi connectivity index (χ2v) is 16.0. The van der Waals surface area contributed by atoms with E-state index in [9.17, 15) is 0 Å². The number of rotatable bonds is 2. The molecule has 0 unspecified atom stereocenters. The molecule has 250 valence electrons. The number of halogens is 1. The van der Waals surface area contributed by atoms with Crippen molar-refractivity contribution < 1.29 is 4.42 Å². The molecule has 11 aromatic rings. The third kappa shape index (κ3) is 3.80. The molecule has 0 spiro atoms. The van der Waals surface area contributed by atoms with Gasteiger partial charge in [0.25, 0.3) is 0 Å². The first kappa shape index (κ1) is 29.6. The zero-order chi connectivity index (χ0) is 35.2. The summed E-state index contributed by atoms with van der Waals surface area (Å²) in [4.78, 5) is 9.71. The van der Waals surface area contributed by atoms with Crippen molar-refractivity contribution in [2.75, 3.05) is 0 Å². The minimum absolute atomic E-state index is 0.196. The molecule has 0 amide bonds. The summed E-state index contributed by atoms with van der Waals surface area (Å²) in [5.74, 6) is 0. The lowest BCUT2D eigenvalue weighted by Gasteiger charge is -2.25. The van der Waals surface area contributed by atoms with Crippen LogP contribution in [0.5, 0.6) is 0 Å². The number of para-hydroxylation sites is 2. The lowest BCUT2D eigenvalue weighted by molar-refractivity contribution is 0.657. The predicted molar refractivity (Wildman–Crippen MR) is 222 cm³/mol. The smallest absolute Gasteiger partial charge is 0.223 e. The number of nitrogens with zero attached hydrogens (tertiary/aromatic N) is 3. The number of aromatic nitrogens is 3. The van der Waals surface area contributed by atoms with Gasteiger partial charge >= 0.3 is 0 Å². The topological polar surface area (TPSA) is 43.9 Å². The van der Waals surface area contributed by atoms with E-state index in [1.807, 2.05) is 35.6 Å². The minimum atomic E-state index is -0.314. The summed E-state index contributed by atoms with van der Waals surface area (Å²) in [6, 6.07) is 48.1. The van der Waals surface area contributed by atoms with Gasteiger partial charge in [0.05, 0.1) is 15.7 Å². The second kappa shape index (κ2) is 10.3. The molecule has 0 radical (unpaired) electrons. The molecule has 0 fully saturated rings. The highest BCUT2D eigenvalue weighted by atomic mass is 35.5. The second-order valence-electron chi connectivity index (χ2n) is 14.6. The van der Waals surface area contributed by atoms with Crippen molar-refractivity contribution in [3.8, 4) is 28.1 Å². The average molecular weight is 718 g/mol. The third-order valence-electron chi connectivity index (χ3n) is 11.5. The Morgan fingerprint density at radius 3 is 2.15 bits per heavy atom. The van der Waals surface area contributed by atoms with Crippen LogP contribution >= 0.6 is 22.9 Å². The van der Waals surface area contributed by atoms with E-state index in [0.29, 0.717) is 11.3 Å². The van der Waals surface area contributed by atoms with Crippen molar-refractivity contribution in [1.29, 1.82) is 0 Å². The van der Waals surface area contributed by atoms with Gasteiger partial charge in [-0.1, -0.05) is 111 Å². The Kier molecular flexibility index (Phi) is 5.75. The van der Waals surface area contributed by atoms with Crippen LogP contribution in [0.25, 0.3) is 103 Å². The van der Waals surface area contributed by atoms with Gasteiger partial charge in [0.1, 0.15) is 16.8 Å². The summed E-state index contributed by atoms with van der Waals surface area (Å²) in [7, 11) is 0. The molecule has 4 aromatic heterocycles. The van der Waals surface area contributed by atoms with Crippen LogP contribution in [0.4, 0.5) is 0 Å². The summed E-state index contributed by atoms with van der Waals surface area (Å²) in [6.07, 6.45) is 0. The highest BCUT2D eigenvalue weighted by molar-refractivity contribution is 7.27. The van der Waals surface area contributed by atoms with Crippen molar-refractivity contribution in [3.05, 3.63) is 150 Å². The zero-order valence-electron chi connectivity index (χ0n) is 28.7. The van der Waals surface area contributed by atoms with Gasteiger partial charge in [-0.25, -0.2) is 9.97 Å². The minimum Gasteiger partial charge on any atom is -0.452 e. The van der Waals surface area contributed by atoms with Gasteiger partial charge in [0.2, 0.25) is 5.28 Å². The zero-order valence-corrected chi connectivity index (χ0v) is 30.3. The molecule has 4 nitrogen and oxygen atoms in total. The van der Waals surface area contributed by atoms with E-state index in [1.54, 1.807) is 0 Å². The first-order valence-corrected chi connectivity index (χ1v) is 19.1. The molecule has 6 heteroatoms. The predicted octanol–water partition coefficient (Wildman–Crippen LogP) is 13.6. The third-order valence-corrected chi connectivity index (χ3v) is 12.8. The van der Waals surface area contributed by atoms with E-state index in [4.69, 9.17) is 26.0 Å². The van der Waals surface area contributed by atoms with Crippen molar-refractivity contribution in [2.24, 2.45) is 0 Å². The largest absolute Gasteiger partial charge is 0.452 e. The monoisotopic (exact) mass is 717 g/mol. The summed E-state index contributed by atoms with van der Waals surface area (Å²) >= 11 is 8.71. The van der Waals surface area contributed by atoms with E-state index in [1.165, 1.54) is 69.5 Å². The van der Waals surface area contributed by atoms with Crippen molar-refractivity contribution >= 4 is 97.8 Å². The van der Waals surface area contributed by atoms with Crippen molar-refractivity contribution in [2.45, 2.75) is 19.3 Å². The Bertz CT molecular complexity index is 3400. The Balaban J connectivity index is 1.30. The highest BCUT2D eigenvalue weighted by Gasteiger charge is 2.39. The molecular weight excluding hydrogens is 690 g/mol. The number of fused-ring (bicyclic) bond motifs is 16. The van der Waals surface area contributed by atoms with Crippen molar-refractivity contribution in [1.82, 2.24) is 14.5 Å². The van der Waals surface area contributed by atoms with Gasteiger partial charge in [-0.05, 0) is 81.0 Å². The maximum Gasteiger partial charge on any atom is 0.223 e. The molecule has 4 heterocycles. The Labute approximate surface area is 312 Å². The quantitative estimate of drug-likeness (QED) is 0.167. The van der Waals surface area contributed by atoms with Gasteiger partial charge in [-0.3, -0.25) is 0 Å². The normalized spacial score (nSPS) is 13.7. The average Bonchev–Trinajstić information content (AvgIpc) is 3.92. The summed E-state index contributed by atoms with van der Waals surface area (Å²) in [5, 5.41) is 8.74. The molecule has 0 aliphatic heterocycles. The molecule has 1 aliphatic carbocycles. The van der Waals surface area contributed by atoms with Crippen LogP contribution in [-0.2, 0) is 5.41 Å². The first-order chi connectivity index (χ1) is 26.0. The number of benzene rings is 7. The Morgan fingerprint density at radius 2 is 1.30 bits per heavy atom. The van der Waals surface area contributed by atoms with E-state index >= 15 is 0 Å². The number of thiophene rings is 1. The van der Waals surface area contributed by atoms with E-state index in [-0.39, 0.29) is 10.7 Å². The van der Waals surface area contributed by atoms with Gasteiger partial charge in [0.15, 0.2) is 5.58 Å². The Morgan fingerprint density at radius 1 is 0.642 bits per heavy atom. The fraction of sp³-hybridized carbons (Fsp3) is 0.0638. The fourth-order valence-corrected chi connectivity index (χ4v) is 10.8. The van der Waals surface area contributed by atoms with Crippen LogP contribution in [0.1, 0.15) is 25.0 Å². The van der Waals surface area contributed by atoms with Gasteiger partial charge in [-0.2, -0.15) is 0 Å². The number of hydrogen-bond acceptors (Lipinski definition) is 4. The van der Waals surface area contributed by atoms with Crippen LogP contribution in [0.3, 0.4) is 0 Å². The molecule has 0 saturated heterocycles. The van der Waals surface area contributed by atoms with E-state index in [0.717, 1.165) is 33.3 Å². The van der Waals surface area contributed by atoms with Crippen LogP contribution < -0.4 is 0 Å². The molecule has 0 saturated carbocycles. The number of hydrogen-bond donors (Lipinski definition) is 0. The van der Waals surface area contributed by atoms with Crippen LogP contribution in [0.15, 0.2) is 138 Å². The fourth-order valence-electron chi connectivity index (χ4n) is 9.37. The van der Waals surface area contributed by atoms with Crippen LogP contribution in [-0.4, -0.2) is 14.5 Å². The first-order valence-electron chi connectivity index (χ1n) is 17.9. The molecular formula is C47H28ClN3OS. The summed E-state index contributed by atoms with van der Waals surface area (Å²) < 4.78 is 11.7. The molecule has 53 heavy (non-hydrogen) atoms. The SMILES string of the molecule is CC1(C)c2ccccc2-c2cc(-n3c4ccccc4c4c5ccccc5c5c6ccccc6sc5c43)cc(-c3nc(Cl)nc4c3oc3ccccc34)c21. The summed E-state index contributed by atoms with van der Waals surface area (Å²) in [5.41, 5.74) is 11.8. The molecule has 12 rings (SSSR count). The van der Waals surface area contributed by atoms with E-state index in [2.05, 4.69) is 128 Å². The number of furan rings is 1. The maximum atomic E-state index is 6.83. The molecule has 7 aromatic carbocycles. The summed E-state index contributed by atoms with van der Waals surface area (Å²) in [6.45, 7) is 4.62. The van der Waals surface area contributed by atoms with Gasteiger partial charge in [-0.15, -0.1) is 11.3 Å². The standard InChI is InChI=1S/C47H28ClN3OS/c1-47(2)34-19-9-5-13-26(34)32-23-25(24-33(40(32)47)42-44-41(49-46(48)50-42)30-17-7-11-21-36(30)52-44)51-35-20-10-6-16-29(35)38-27-14-3-4-15-28(27)39-31-18-8-12-22-37(31)53-45(39)43(38)51/h3-24H,1-2H3. The lowest BCUT2D eigenvalue weighted by atomic mass is 9.79. The maximum absolute atomic E-state index is 6.83. The van der Waals surface area contributed by atoms with Gasteiger partial charge in [0, 0.05) is 48.3 Å². The van der Waals surface area contributed by atoms with E-state index < -0.39 is 0 Å². The molecule has 0 bridgehead atoms. The van der Waals surface area contributed by atoms with Crippen LogP contribution in [0.2, 0.25) is 5.28 Å². The Hall–Kier alpha value is -6.01.